The second kappa shape index (κ2) is 11.5. The molecule has 1 fully saturated rings. The van der Waals surface area contributed by atoms with Crippen molar-refractivity contribution in [2.75, 3.05) is 23.8 Å². The molecule has 3 aromatic rings. The van der Waals surface area contributed by atoms with E-state index in [1.165, 1.54) is 24.3 Å². The van der Waals surface area contributed by atoms with Gasteiger partial charge in [-0.05, 0) is 55.3 Å². The van der Waals surface area contributed by atoms with E-state index in [1.807, 2.05) is 0 Å². The highest BCUT2D eigenvalue weighted by atomic mass is 19.1. The molecule has 0 saturated carbocycles. The van der Waals surface area contributed by atoms with E-state index in [1.54, 1.807) is 31.2 Å². The summed E-state index contributed by atoms with van der Waals surface area (Å²) in [5.41, 5.74) is 0.609. The smallest absolute Gasteiger partial charge is 0.335 e. The summed E-state index contributed by atoms with van der Waals surface area (Å²) in [6.07, 6.45) is -0.266. The van der Waals surface area contributed by atoms with Gasteiger partial charge in [0, 0.05) is 30.3 Å². The number of hydrogen-bond donors (Lipinski definition) is 3. The van der Waals surface area contributed by atoms with Gasteiger partial charge < -0.3 is 25.4 Å². The fraction of sp³-hybridized carbons (Fsp3) is 0.250. The molecule has 39 heavy (non-hydrogen) atoms. The standard InChI is InChI=1S/C28H26F3N3O5/c1-17-5-2-3-6-23(17)32-27(38)33-24-15-21(29)19(13-22(24)30)14-25(35)34-12-4-11-28(34,31)16-39-20-9-7-18(8-10-20)26(36)37/h2-3,5-10,13,15H,4,11-12,14,16H2,1H3,(H,36,37)(H2,32,33,38)/t28-/m1/s1. The molecule has 3 N–H and O–H groups in total. The molecule has 0 spiro atoms. The van der Waals surface area contributed by atoms with Crippen molar-refractivity contribution < 1.29 is 37.4 Å². The average molecular weight is 542 g/mol. The number of anilines is 2. The van der Waals surface area contributed by atoms with Gasteiger partial charge in [-0.15, -0.1) is 0 Å². The monoisotopic (exact) mass is 541 g/mol. The number of aromatic carboxylic acids is 1. The molecule has 1 heterocycles. The Morgan fingerprint density at radius 2 is 1.69 bits per heavy atom. The molecule has 0 bridgehead atoms. The van der Waals surface area contributed by atoms with Crippen LogP contribution in [0.1, 0.15) is 34.3 Å². The number of halogens is 3. The van der Waals surface area contributed by atoms with Crippen LogP contribution >= 0.6 is 0 Å². The predicted octanol–water partition coefficient (Wildman–Crippen LogP) is 5.53. The molecule has 1 aliphatic heterocycles. The lowest BCUT2D eigenvalue weighted by Gasteiger charge is -2.31. The van der Waals surface area contributed by atoms with E-state index < -0.39 is 54.0 Å². The minimum atomic E-state index is -2.17. The number of hydrogen-bond acceptors (Lipinski definition) is 4. The van der Waals surface area contributed by atoms with E-state index in [0.717, 1.165) is 22.6 Å². The zero-order valence-electron chi connectivity index (χ0n) is 21.0. The summed E-state index contributed by atoms with van der Waals surface area (Å²) < 4.78 is 50.7. The first-order valence-corrected chi connectivity index (χ1v) is 12.1. The molecule has 0 aromatic heterocycles. The van der Waals surface area contributed by atoms with Gasteiger partial charge in [-0.25, -0.2) is 22.8 Å². The third kappa shape index (κ3) is 6.49. The second-order valence-corrected chi connectivity index (χ2v) is 9.18. The minimum Gasteiger partial charge on any atom is -0.488 e. The van der Waals surface area contributed by atoms with Gasteiger partial charge in [0.25, 0.3) is 0 Å². The number of para-hydroxylation sites is 1. The largest absolute Gasteiger partial charge is 0.488 e. The van der Waals surface area contributed by atoms with Crippen molar-refractivity contribution in [1.29, 1.82) is 0 Å². The molecule has 11 heteroatoms. The molecule has 1 aliphatic rings. The van der Waals surface area contributed by atoms with Crippen molar-refractivity contribution in [3.63, 3.8) is 0 Å². The average Bonchev–Trinajstić information content (AvgIpc) is 3.29. The fourth-order valence-corrected chi connectivity index (χ4v) is 4.30. The summed E-state index contributed by atoms with van der Waals surface area (Å²) in [6, 6.07) is 13.1. The molecule has 8 nitrogen and oxygen atoms in total. The number of carbonyl (C=O) groups excluding carboxylic acids is 2. The lowest BCUT2D eigenvalue weighted by Crippen LogP contribution is -2.48. The fourth-order valence-electron chi connectivity index (χ4n) is 4.30. The first-order valence-electron chi connectivity index (χ1n) is 12.1. The zero-order valence-corrected chi connectivity index (χ0v) is 21.0. The van der Waals surface area contributed by atoms with Crippen LogP contribution in [-0.2, 0) is 11.2 Å². The van der Waals surface area contributed by atoms with Crippen LogP contribution in [0, 0.1) is 18.6 Å². The van der Waals surface area contributed by atoms with E-state index in [0.29, 0.717) is 12.1 Å². The highest BCUT2D eigenvalue weighted by Crippen LogP contribution is 2.33. The number of carboxylic acid groups (broad SMARTS) is 1. The molecule has 1 atom stereocenters. The summed E-state index contributed by atoms with van der Waals surface area (Å²) in [5.74, 6) is -5.72. The number of alkyl halides is 1. The highest BCUT2D eigenvalue weighted by Gasteiger charge is 2.45. The van der Waals surface area contributed by atoms with Crippen LogP contribution in [0.5, 0.6) is 5.75 Å². The SMILES string of the molecule is Cc1ccccc1NC(=O)Nc1cc(F)c(CC(=O)N2CCC[C@]2(F)COc2ccc(C(=O)O)cc2)cc1F. The van der Waals surface area contributed by atoms with E-state index in [-0.39, 0.29) is 29.8 Å². The van der Waals surface area contributed by atoms with Gasteiger partial charge in [-0.2, -0.15) is 0 Å². The zero-order chi connectivity index (χ0) is 28.2. The predicted molar refractivity (Wildman–Crippen MR) is 138 cm³/mol. The van der Waals surface area contributed by atoms with E-state index in [9.17, 15) is 23.2 Å². The number of likely N-dealkylation sites (tertiary alicyclic amines) is 1. The van der Waals surface area contributed by atoms with Crippen molar-refractivity contribution in [1.82, 2.24) is 4.90 Å². The molecular formula is C28H26F3N3O5. The number of carbonyl (C=O) groups is 3. The molecule has 3 amide bonds. The maximum Gasteiger partial charge on any atom is 0.335 e. The number of urea groups is 1. The van der Waals surface area contributed by atoms with Gasteiger partial charge in [0.1, 0.15) is 24.0 Å². The Balaban J connectivity index is 1.39. The molecule has 0 radical (unpaired) electrons. The van der Waals surface area contributed by atoms with Gasteiger partial charge >= 0.3 is 12.0 Å². The number of carboxylic acids is 1. The number of benzene rings is 3. The number of aryl methyl sites for hydroxylation is 1. The quantitative estimate of drug-likeness (QED) is 0.325. The summed E-state index contributed by atoms with van der Waals surface area (Å²) in [5, 5.41) is 13.8. The maximum atomic E-state index is 15.7. The summed E-state index contributed by atoms with van der Waals surface area (Å²) in [7, 11) is 0. The van der Waals surface area contributed by atoms with Gasteiger partial charge in [-0.1, -0.05) is 18.2 Å². The Labute approximate surface area is 222 Å². The van der Waals surface area contributed by atoms with Crippen LogP contribution in [0.3, 0.4) is 0 Å². The first-order chi connectivity index (χ1) is 18.6. The van der Waals surface area contributed by atoms with Crippen LogP contribution < -0.4 is 15.4 Å². The topological polar surface area (TPSA) is 108 Å². The van der Waals surface area contributed by atoms with Crippen molar-refractivity contribution in [2.45, 2.75) is 32.0 Å². The van der Waals surface area contributed by atoms with E-state index >= 15 is 4.39 Å². The number of rotatable bonds is 8. The number of nitrogens with zero attached hydrogens (tertiary/aromatic N) is 1. The number of amides is 3. The number of nitrogens with one attached hydrogen (secondary N) is 2. The van der Waals surface area contributed by atoms with E-state index in [2.05, 4.69) is 10.6 Å². The molecule has 0 unspecified atom stereocenters. The Bertz CT molecular complexity index is 1400. The Hall–Kier alpha value is -4.54. The van der Waals surface area contributed by atoms with Crippen molar-refractivity contribution >= 4 is 29.3 Å². The lowest BCUT2D eigenvalue weighted by atomic mass is 10.1. The Kier molecular flexibility index (Phi) is 8.08. The van der Waals surface area contributed by atoms with Gasteiger partial charge in [0.15, 0.2) is 0 Å². The highest BCUT2D eigenvalue weighted by molar-refractivity contribution is 6.00. The Morgan fingerprint density at radius 1 is 1.00 bits per heavy atom. The normalized spacial score (nSPS) is 16.6. The van der Waals surface area contributed by atoms with Gasteiger partial charge in [-0.3, -0.25) is 4.79 Å². The molecule has 0 aliphatic carbocycles. The third-order valence-corrected chi connectivity index (χ3v) is 6.41. The molecule has 3 aromatic carbocycles. The lowest BCUT2D eigenvalue weighted by molar-refractivity contribution is -0.144. The van der Waals surface area contributed by atoms with Crippen molar-refractivity contribution in [3.8, 4) is 5.75 Å². The molecule has 204 valence electrons. The minimum absolute atomic E-state index is 0.0123. The first kappa shape index (κ1) is 27.5. The maximum absolute atomic E-state index is 15.7. The van der Waals surface area contributed by atoms with Crippen LogP contribution in [0.4, 0.5) is 29.3 Å². The third-order valence-electron chi connectivity index (χ3n) is 6.41. The van der Waals surface area contributed by atoms with Crippen molar-refractivity contribution in [2.24, 2.45) is 0 Å². The second-order valence-electron chi connectivity index (χ2n) is 9.18. The summed E-state index contributed by atoms with van der Waals surface area (Å²) in [4.78, 5) is 37.1. The Morgan fingerprint density at radius 3 is 2.38 bits per heavy atom. The van der Waals surface area contributed by atoms with Crippen LogP contribution in [0.25, 0.3) is 0 Å². The summed E-state index contributed by atoms with van der Waals surface area (Å²) in [6.45, 7) is 1.33. The molecule has 4 rings (SSSR count). The van der Waals surface area contributed by atoms with Gasteiger partial charge in [0.2, 0.25) is 11.7 Å². The molecule has 1 saturated heterocycles. The van der Waals surface area contributed by atoms with E-state index in [4.69, 9.17) is 9.84 Å². The molecular weight excluding hydrogens is 515 g/mol. The number of ether oxygens (including phenoxy) is 1. The van der Waals surface area contributed by atoms with Crippen LogP contribution in [0.2, 0.25) is 0 Å². The summed E-state index contributed by atoms with van der Waals surface area (Å²) >= 11 is 0. The van der Waals surface area contributed by atoms with Gasteiger partial charge in [0.05, 0.1) is 17.7 Å². The van der Waals surface area contributed by atoms with Crippen LogP contribution in [-0.4, -0.2) is 46.9 Å². The van der Waals surface area contributed by atoms with Crippen molar-refractivity contribution in [3.05, 3.63) is 89.0 Å². The van der Waals surface area contributed by atoms with Crippen LogP contribution in [0.15, 0.2) is 60.7 Å².